The van der Waals surface area contributed by atoms with Gasteiger partial charge in [-0.2, -0.15) is 0 Å². The van der Waals surface area contributed by atoms with Crippen LogP contribution < -0.4 is 0 Å². The molecule has 0 heterocycles. The van der Waals surface area contributed by atoms with Gasteiger partial charge >= 0.3 is 0 Å². The summed E-state index contributed by atoms with van der Waals surface area (Å²) >= 11 is 0. The Balaban J connectivity index is 2.61. The van der Waals surface area contributed by atoms with Gasteiger partial charge in [0.2, 0.25) is 0 Å². The molecule has 0 saturated heterocycles. The number of benzene rings is 2. The second-order valence-electron chi connectivity index (χ2n) is 5.35. The fraction of sp³-hybridized carbons (Fsp3) is 0.400. The first-order valence-electron chi connectivity index (χ1n) is 7.97. The largest absolute Gasteiger partial charge is 0.0617 e. The van der Waals surface area contributed by atoms with Gasteiger partial charge < -0.3 is 0 Å². The summed E-state index contributed by atoms with van der Waals surface area (Å²) < 4.78 is 0. The molecule has 2 aromatic rings. The highest BCUT2D eigenvalue weighted by molar-refractivity contribution is 5.72. The molecule has 0 aliphatic heterocycles. The molecule has 2 rings (SSSR count). The minimum Gasteiger partial charge on any atom is -0.0617 e. The monoisotopic (exact) mass is 266 g/mol. The Morgan fingerprint density at radius 2 is 1.15 bits per heavy atom. The van der Waals surface area contributed by atoms with E-state index in [2.05, 4.69) is 64.1 Å². The van der Waals surface area contributed by atoms with Crippen LogP contribution in [0, 0.1) is 0 Å². The average molecular weight is 266 g/mol. The maximum atomic E-state index is 2.41. The van der Waals surface area contributed by atoms with Crippen LogP contribution in [0.4, 0.5) is 0 Å². The van der Waals surface area contributed by atoms with Crippen molar-refractivity contribution >= 4 is 0 Å². The first-order valence-corrected chi connectivity index (χ1v) is 7.97. The van der Waals surface area contributed by atoms with Gasteiger partial charge in [-0.1, -0.05) is 64.1 Å². The van der Waals surface area contributed by atoms with Crippen LogP contribution in [0.5, 0.6) is 0 Å². The maximum Gasteiger partial charge on any atom is -0.0120 e. The van der Waals surface area contributed by atoms with E-state index in [1.807, 2.05) is 0 Å². The van der Waals surface area contributed by atoms with Crippen LogP contribution in [0.2, 0.25) is 0 Å². The summed E-state index contributed by atoms with van der Waals surface area (Å²) in [6.45, 7) is 9.00. The third kappa shape index (κ3) is 2.80. The lowest BCUT2D eigenvalue weighted by molar-refractivity contribution is 1.03. The summed E-state index contributed by atoms with van der Waals surface area (Å²) in [6, 6.07) is 13.8. The zero-order valence-electron chi connectivity index (χ0n) is 13.3. The summed E-state index contributed by atoms with van der Waals surface area (Å²) in [6.07, 6.45) is 4.44. The quantitative estimate of drug-likeness (QED) is 0.660. The second kappa shape index (κ2) is 6.74. The Morgan fingerprint density at radius 1 is 0.600 bits per heavy atom. The summed E-state index contributed by atoms with van der Waals surface area (Å²) in [5.41, 5.74) is 8.79. The van der Waals surface area contributed by atoms with E-state index >= 15 is 0 Å². The molecule has 0 heteroatoms. The molecule has 2 aromatic carbocycles. The molecule has 0 fully saturated rings. The van der Waals surface area contributed by atoms with E-state index < -0.39 is 0 Å². The molecule has 0 saturated carbocycles. The van der Waals surface area contributed by atoms with E-state index in [-0.39, 0.29) is 0 Å². The maximum absolute atomic E-state index is 2.41. The van der Waals surface area contributed by atoms with Crippen molar-refractivity contribution in [3.63, 3.8) is 0 Å². The molecule has 0 radical (unpaired) electrons. The van der Waals surface area contributed by atoms with E-state index in [9.17, 15) is 0 Å². The Labute approximate surface area is 123 Å². The molecule has 0 aliphatic carbocycles. The van der Waals surface area contributed by atoms with Crippen LogP contribution in [0.15, 0.2) is 36.4 Å². The van der Waals surface area contributed by atoms with Gasteiger partial charge in [0, 0.05) is 0 Å². The lowest BCUT2D eigenvalue weighted by Crippen LogP contribution is -1.97. The number of hydrogen-bond donors (Lipinski definition) is 0. The molecule has 0 unspecified atom stereocenters. The van der Waals surface area contributed by atoms with Crippen molar-refractivity contribution in [2.45, 2.75) is 53.4 Å². The van der Waals surface area contributed by atoms with Crippen LogP contribution in [0.1, 0.15) is 49.9 Å². The molecule has 0 atom stereocenters. The first-order chi connectivity index (χ1) is 9.74. The number of aryl methyl sites for hydroxylation is 4. The van der Waals surface area contributed by atoms with Gasteiger partial charge in [-0.25, -0.2) is 0 Å². The normalized spacial score (nSPS) is 10.8. The van der Waals surface area contributed by atoms with Crippen molar-refractivity contribution in [2.75, 3.05) is 0 Å². The van der Waals surface area contributed by atoms with Gasteiger partial charge in [0.1, 0.15) is 0 Å². The van der Waals surface area contributed by atoms with Crippen LogP contribution >= 0.6 is 0 Å². The van der Waals surface area contributed by atoms with Crippen molar-refractivity contribution in [2.24, 2.45) is 0 Å². The molecule has 0 aromatic heterocycles. The highest BCUT2D eigenvalue weighted by Gasteiger charge is 2.10. The van der Waals surface area contributed by atoms with Gasteiger partial charge in [0.25, 0.3) is 0 Å². The van der Waals surface area contributed by atoms with E-state index in [0.717, 1.165) is 25.7 Å². The molecule has 0 aliphatic rings. The van der Waals surface area contributed by atoms with E-state index in [1.54, 1.807) is 0 Å². The molecule has 0 N–H and O–H groups in total. The van der Waals surface area contributed by atoms with Crippen molar-refractivity contribution in [3.8, 4) is 11.1 Å². The molecule has 20 heavy (non-hydrogen) atoms. The minimum absolute atomic E-state index is 1.10. The van der Waals surface area contributed by atoms with Crippen molar-refractivity contribution in [1.29, 1.82) is 0 Å². The summed E-state index contributed by atoms with van der Waals surface area (Å²) in [7, 11) is 0. The number of rotatable bonds is 5. The Kier molecular flexibility index (Phi) is 5.00. The topological polar surface area (TPSA) is 0 Å². The molecular weight excluding hydrogens is 240 g/mol. The Morgan fingerprint density at radius 3 is 1.65 bits per heavy atom. The summed E-state index contributed by atoms with van der Waals surface area (Å²) in [5, 5.41) is 0. The Bertz CT molecular complexity index is 556. The zero-order valence-corrected chi connectivity index (χ0v) is 13.3. The van der Waals surface area contributed by atoms with E-state index in [0.29, 0.717) is 0 Å². The molecule has 0 spiro atoms. The lowest BCUT2D eigenvalue weighted by Gasteiger charge is -2.16. The SMILES string of the molecule is CCc1ccc(-c2c(CC)cccc2CC)cc1CC. The third-order valence-corrected chi connectivity index (χ3v) is 4.26. The average Bonchev–Trinajstić information content (AvgIpc) is 2.53. The zero-order chi connectivity index (χ0) is 14.5. The van der Waals surface area contributed by atoms with Gasteiger partial charge in [-0.15, -0.1) is 0 Å². The Hall–Kier alpha value is -1.56. The number of hydrogen-bond acceptors (Lipinski definition) is 0. The predicted molar refractivity (Wildman–Crippen MR) is 89.4 cm³/mol. The lowest BCUT2D eigenvalue weighted by atomic mass is 9.89. The summed E-state index contributed by atoms with van der Waals surface area (Å²) in [5.74, 6) is 0. The fourth-order valence-corrected chi connectivity index (χ4v) is 3.07. The predicted octanol–water partition coefficient (Wildman–Crippen LogP) is 5.60. The molecular formula is C20H26. The van der Waals surface area contributed by atoms with Gasteiger partial charge in [0.05, 0.1) is 0 Å². The third-order valence-electron chi connectivity index (χ3n) is 4.26. The highest BCUT2D eigenvalue weighted by atomic mass is 14.1. The first kappa shape index (κ1) is 14.8. The van der Waals surface area contributed by atoms with Crippen LogP contribution in [0.25, 0.3) is 11.1 Å². The highest BCUT2D eigenvalue weighted by Crippen LogP contribution is 2.30. The van der Waals surface area contributed by atoms with Gasteiger partial charge in [-0.3, -0.25) is 0 Å². The van der Waals surface area contributed by atoms with Crippen molar-refractivity contribution < 1.29 is 0 Å². The van der Waals surface area contributed by atoms with Crippen LogP contribution in [0.3, 0.4) is 0 Å². The second-order valence-corrected chi connectivity index (χ2v) is 5.35. The standard InChI is InChI=1S/C20H26/c1-5-15-12-13-19(14-18(15)8-4)20-16(6-2)10-9-11-17(20)7-3/h9-14H,5-8H2,1-4H3. The minimum atomic E-state index is 1.10. The smallest absolute Gasteiger partial charge is 0.0120 e. The van der Waals surface area contributed by atoms with E-state index in [1.165, 1.54) is 33.4 Å². The van der Waals surface area contributed by atoms with E-state index in [4.69, 9.17) is 0 Å². The van der Waals surface area contributed by atoms with Gasteiger partial charge in [0.15, 0.2) is 0 Å². The van der Waals surface area contributed by atoms with Crippen LogP contribution in [-0.4, -0.2) is 0 Å². The molecule has 106 valence electrons. The van der Waals surface area contributed by atoms with Crippen LogP contribution in [-0.2, 0) is 25.7 Å². The molecule has 0 amide bonds. The van der Waals surface area contributed by atoms with Gasteiger partial charge in [-0.05, 0) is 59.1 Å². The van der Waals surface area contributed by atoms with Crippen molar-refractivity contribution in [1.82, 2.24) is 0 Å². The van der Waals surface area contributed by atoms with Crippen molar-refractivity contribution in [3.05, 3.63) is 58.7 Å². The fourth-order valence-electron chi connectivity index (χ4n) is 3.07. The molecule has 0 nitrogen and oxygen atoms in total. The summed E-state index contributed by atoms with van der Waals surface area (Å²) in [4.78, 5) is 0. The molecule has 0 bridgehead atoms.